The van der Waals surface area contributed by atoms with E-state index in [9.17, 15) is 8.42 Å². The van der Waals surface area contributed by atoms with Crippen LogP contribution in [0.15, 0.2) is 86.7 Å². The normalized spacial score (nSPS) is 18.5. The zero-order valence-electron chi connectivity index (χ0n) is 21.0. The number of aromatic nitrogens is 1. The standard InChI is InChI=1S/C28H28N4O4S2/c1-35-22-11-7-20(8-12-22)24-18-26(27-6-5-17-36-27)32(30-24)28-29-25(19-37-28)21-9-13-23(14-10-21)38(33,34)31-15-3-2-4-16-31/h5-14,17,19,26H,2-4,15-16,18H2,1H3. The Balaban J connectivity index is 1.27. The van der Waals surface area contributed by atoms with Crippen molar-refractivity contribution in [2.45, 2.75) is 36.6 Å². The van der Waals surface area contributed by atoms with Crippen molar-refractivity contribution in [1.29, 1.82) is 0 Å². The van der Waals surface area contributed by atoms with Crippen LogP contribution in [0.2, 0.25) is 0 Å². The minimum atomic E-state index is -3.47. The summed E-state index contributed by atoms with van der Waals surface area (Å²) < 4.78 is 38.7. The van der Waals surface area contributed by atoms with Crippen molar-refractivity contribution in [3.8, 4) is 17.0 Å². The van der Waals surface area contributed by atoms with E-state index in [1.165, 1.54) is 11.3 Å². The van der Waals surface area contributed by atoms with Crippen molar-refractivity contribution in [3.05, 3.63) is 83.6 Å². The van der Waals surface area contributed by atoms with Crippen LogP contribution in [0.25, 0.3) is 11.3 Å². The summed E-state index contributed by atoms with van der Waals surface area (Å²) in [7, 11) is -1.82. The van der Waals surface area contributed by atoms with Crippen molar-refractivity contribution in [1.82, 2.24) is 9.29 Å². The van der Waals surface area contributed by atoms with Gasteiger partial charge in [0.2, 0.25) is 15.2 Å². The molecule has 0 N–H and O–H groups in total. The second-order valence-corrected chi connectivity index (χ2v) is 12.1. The monoisotopic (exact) mass is 548 g/mol. The number of methoxy groups -OCH3 is 1. The Morgan fingerprint density at radius 3 is 2.39 bits per heavy atom. The maximum atomic E-state index is 13.0. The van der Waals surface area contributed by atoms with Gasteiger partial charge in [0.25, 0.3) is 0 Å². The molecule has 4 heterocycles. The number of sulfonamides is 1. The molecule has 2 aromatic carbocycles. The van der Waals surface area contributed by atoms with E-state index in [-0.39, 0.29) is 6.04 Å². The molecule has 1 saturated heterocycles. The highest BCUT2D eigenvalue weighted by atomic mass is 32.2. The highest BCUT2D eigenvalue weighted by Gasteiger charge is 2.33. The largest absolute Gasteiger partial charge is 0.497 e. The first-order chi connectivity index (χ1) is 18.5. The Labute approximate surface area is 226 Å². The topological polar surface area (TPSA) is 88.2 Å². The predicted octanol–water partition coefficient (Wildman–Crippen LogP) is 5.94. The Bertz CT molecular complexity index is 1520. The van der Waals surface area contributed by atoms with Crippen LogP contribution >= 0.6 is 11.3 Å². The van der Waals surface area contributed by atoms with Crippen LogP contribution in [0.5, 0.6) is 5.75 Å². The number of rotatable bonds is 7. The molecule has 8 nitrogen and oxygen atoms in total. The Morgan fingerprint density at radius 1 is 0.974 bits per heavy atom. The fraction of sp³-hybridized carbons (Fsp3) is 0.286. The molecule has 0 radical (unpaired) electrons. The van der Waals surface area contributed by atoms with Gasteiger partial charge in [0.15, 0.2) is 0 Å². The van der Waals surface area contributed by atoms with E-state index in [1.54, 1.807) is 29.8 Å². The van der Waals surface area contributed by atoms with Crippen LogP contribution in [-0.2, 0) is 10.0 Å². The zero-order chi connectivity index (χ0) is 26.1. The van der Waals surface area contributed by atoms with E-state index < -0.39 is 10.0 Å². The summed E-state index contributed by atoms with van der Waals surface area (Å²) in [6, 6.07) is 18.6. The van der Waals surface area contributed by atoms with Crippen LogP contribution in [-0.4, -0.2) is 43.6 Å². The van der Waals surface area contributed by atoms with E-state index in [0.717, 1.165) is 58.4 Å². The molecule has 1 atom stereocenters. The Morgan fingerprint density at radius 2 is 1.71 bits per heavy atom. The molecule has 0 bridgehead atoms. The molecule has 0 amide bonds. The summed E-state index contributed by atoms with van der Waals surface area (Å²) in [5.41, 5.74) is 3.60. The minimum absolute atomic E-state index is 0.113. The Kier molecular flexibility index (Phi) is 6.77. The number of benzene rings is 2. The maximum Gasteiger partial charge on any atom is 0.243 e. The molecule has 0 saturated carbocycles. The Hall–Kier alpha value is -3.47. The average molecular weight is 549 g/mol. The summed E-state index contributed by atoms with van der Waals surface area (Å²) in [6.07, 6.45) is 5.26. The molecule has 2 aliphatic heterocycles. The van der Waals surface area contributed by atoms with Gasteiger partial charge in [-0.1, -0.05) is 18.6 Å². The number of hydrazone groups is 1. The number of piperidine rings is 1. The lowest BCUT2D eigenvalue weighted by Crippen LogP contribution is -2.35. The molecule has 1 fully saturated rings. The van der Waals surface area contributed by atoms with Crippen LogP contribution in [0.4, 0.5) is 5.13 Å². The van der Waals surface area contributed by atoms with E-state index in [1.807, 2.05) is 58.9 Å². The number of hydrogen-bond acceptors (Lipinski definition) is 8. The van der Waals surface area contributed by atoms with Crippen LogP contribution < -0.4 is 9.75 Å². The van der Waals surface area contributed by atoms with Crippen molar-refractivity contribution in [3.63, 3.8) is 0 Å². The number of furan rings is 1. The molecule has 2 aliphatic rings. The third-order valence-electron chi connectivity index (χ3n) is 7.00. The first kappa shape index (κ1) is 24.8. The fourth-order valence-electron chi connectivity index (χ4n) is 4.90. The van der Waals surface area contributed by atoms with E-state index in [2.05, 4.69) is 0 Å². The number of thiazole rings is 1. The van der Waals surface area contributed by atoms with Gasteiger partial charge < -0.3 is 9.15 Å². The summed E-state index contributed by atoms with van der Waals surface area (Å²) in [5.74, 6) is 1.62. The summed E-state index contributed by atoms with van der Waals surface area (Å²) in [6.45, 7) is 1.18. The van der Waals surface area contributed by atoms with Gasteiger partial charge in [0.05, 0.1) is 29.7 Å². The quantitative estimate of drug-likeness (QED) is 0.284. The van der Waals surface area contributed by atoms with Gasteiger partial charge in [0, 0.05) is 30.5 Å². The summed E-state index contributed by atoms with van der Waals surface area (Å²) in [4.78, 5) is 5.20. The van der Waals surface area contributed by atoms with Gasteiger partial charge in [0.1, 0.15) is 17.6 Å². The summed E-state index contributed by atoms with van der Waals surface area (Å²) >= 11 is 1.50. The van der Waals surface area contributed by atoms with Crippen LogP contribution in [0.1, 0.15) is 43.0 Å². The van der Waals surface area contributed by atoms with E-state index in [4.69, 9.17) is 19.2 Å². The molecule has 10 heteroatoms. The first-order valence-electron chi connectivity index (χ1n) is 12.6. The van der Waals surface area contributed by atoms with Gasteiger partial charge >= 0.3 is 0 Å². The number of anilines is 1. The van der Waals surface area contributed by atoms with Gasteiger partial charge in [-0.2, -0.15) is 9.41 Å². The zero-order valence-corrected chi connectivity index (χ0v) is 22.6. The number of hydrogen-bond donors (Lipinski definition) is 0. The second kappa shape index (κ2) is 10.4. The van der Waals surface area contributed by atoms with E-state index >= 15 is 0 Å². The second-order valence-electron chi connectivity index (χ2n) is 9.36. The lowest BCUT2D eigenvalue weighted by molar-refractivity contribution is 0.346. The molecule has 196 valence electrons. The number of nitrogens with zero attached hydrogens (tertiary/aromatic N) is 4. The molecular formula is C28H28N4O4S2. The van der Waals surface area contributed by atoms with Crippen molar-refractivity contribution in [2.24, 2.45) is 5.10 Å². The number of ether oxygens (including phenoxy) is 1. The van der Waals surface area contributed by atoms with Crippen molar-refractivity contribution in [2.75, 3.05) is 25.2 Å². The molecule has 6 rings (SSSR count). The van der Waals surface area contributed by atoms with Crippen LogP contribution in [0, 0.1) is 0 Å². The average Bonchev–Trinajstić information content (AvgIpc) is 3.74. The highest BCUT2D eigenvalue weighted by Crippen LogP contribution is 2.39. The molecule has 38 heavy (non-hydrogen) atoms. The SMILES string of the molecule is COc1ccc(C2=NN(c3nc(-c4ccc(S(=O)(=O)N5CCCCC5)cc4)cs3)C(c3ccco3)C2)cc1. The van der Waals surface area contributed by atoms with Gasteiger partial charge in [-0.25, -0.2) is 18.4 Å². The molecule has 2 aromatic heterocycles. The van der Waals surface area contributed by atoms with Gasteiger partial charge in [-0.05, 0) is 66.9 Å². The van der Waals surface area contributed by atoms with Gasteiger partial charge in [-0.3, -0.25) is 0 Å². The first-order valence-corrected chi connectivity index (χ1v) is 15.0. The molecule has 0 spiro atoms. The predicted molar refractivity (Wildman–Crippen MR) is 148 cm³/mol. The van der Waals surface area contributed by atoms with E-state index in [0.29, 0.717) is 24.4 Å². The minimum Gasteiger partial charge on any atom is -0.497 e. The summed E-state index contributed by atoms with van der Waals surface area (Å²) in [5, 5.41) is 9.58. The van der Waals surface area contributed by atoms with Crippen molar-refractivity contribution < 1.29 is 17.6 Å². The maximum absolute atomic E-state index is 13.0. The van der Waals surface area contributed by atoms with Crippen LogP contribution in [0.3, 0.4) is 0 Å². The lowest BCUT2D eigenvalue weighted by Gasteiger charge is -2.25. The molecule has 4 aromatic rings. The smallest absolute Gasteiger partial charge is 0.243 e. The lowest BCUT2D eigenvalue weighted by atomic mass is 10.0. The fourth-order valence-corrected chi connectivity index (χ4v) is 7.25. The van der Waals surface area contributed by atoms with Crippen molar-refractivity contribution >= 4 is 32.2 Å². The highest BCUT2D eigenvalue weighted by molar-refractivity contribution is 7.89. The molecule has 1 unspecified atom stereocenters. The van der Waals surface area contributed by atoms with Gasteiger partial charge in [-0.15, -0.1) is 11.3 Å². The molecular weight excluding hydrogens is 520 g/mol. The third kappa shape index (κ3) is 4.75. The molecule has 0 aliphatic carbocycles. The third-order valence-corrected chi connectivity index (χ3v) is 9.74.